The maximum absolute atomic E-state index is 12.0. The molecule has 31 heavy (non-hydrogen) atoms. The summed E-state index contributed by atoms with van der Waals surface area (Å²) in [6, 6.07) is 19.0. The Morgan fingerprint density at radius 2 is 1.90 bits per heavy atom. The summed E-state index contributed by atoms with van der Waals surface area (Å²) < 4.78 is 11.2. The van der Waals surface area contributed by atoms with Crippen molar-refractivity contribution >= 4 is 29.0 Å². The summed E-state index contributed by atoms with van der Waals surface area (Å²) in [6.07, 6.45) is 2.98. The van der Waals surface area contributed by atoms with Crippen molar-refractivity contribution in [3.05, 3.63) is 84.3 Å². The molecule has 0 aliphatic rings. The van der Waals surface area contributed by atoms with E-state index in [1.54, 1.807) is 42.6 Å². The molecule has 2 aromatic carbocycles. The highest BCUT2D eigenvalue weighted by atomic mass is 16.5. The van der Waals surface area contributed by atoms with E-state index in [-0.39, 0.29) is 12.2 Å². The molecule has 0 aliphatic carbocycles. The third-order valence-electron chi connectivity index (χ3n) is 4.39. The second-order valence-corrected chi connectivity index (χ2v) is 6.47. The first-order chi connectivity index (χ1) is 15.1. The first-order valence-corrected chi connectivity index (χ1v) is 9.33. The molecule has 0 atom stereocenters. The predicted molar refractivity (Wildman–Crippen MR) is 114 cm³/mol. The van der Waals surface area contributed by atoms with Crippen molar-refractivity contribution in [2.75, 3.05) is 6.61 Å². The number of aromatic nitrogens is 1. The summed E-state index contributed by atoms with van der Waals surface area (Å²) in [5, 5.41) is 14.1. The van der Waals surface area contributed by atoms with Gasteiger partial charge in [-0.2, -0.15) is 5.10 Å². The normalized spacial score (nSPS) is 11.0. The second-order valence-electron chi connectivity index (χ2n) is 6.47. The molecule has 8 nitrogen and oxygen atoms in total. The van der Waals surface area contributed by atoms with Crippen LogP contribution >= 0.6 is 0 Å². The molecule has 4 rings (SSSR count). The number of furan rings is 1. The highest BCUT2D eigenvalue weighted by Gasteiger charge is 2.13. The van der Waals surface area contributed by atoms with Gasteiger partial charge in [-0.15, -0.1) is 0 Å². The average Bonchev–Trinajstić information content (AvgIpc) is 3.26. The number of para-hydroxylation sites is 1. The highest BCUT2D eigenvalue weighted by Crippen LogP contribution is 2.25. The predicted octanol–water partition coefficient (Wildman–Crippen LogP) is 3.72. The van der Waals surface area contributed by atoms with Gasteiger partial charge in [0.2, 0.25) is 0 Å². The van der Waals surface area contributed by atoms with Crippen LogP contribution in [0.25, 0.3) is 22.2 Å². The number of fused-ring (bicyclic) bond motifs is 1. The lowest BCUT2D eigenvalue weighted by Gasteiger charge is -2.07. The maximum atomic E-state index is 12.0. The van der Waals surface area contributed by atoms with Crippen molar-refractivity contribution in [3.8, 4) is 17.1 Å². The number of nitrogens with zero attached hydrogens (tertiary/aromatic N) is 2. The average molecular weight is 415 g/mol. The zero-order valence-corrected chi connectivity index (χ0v) is 16.2. The second kappa shape index (κ2) is 8.91. The van der Waals surface area contributed by atoms with Crippen LogP contribution in [0, 0.1) is 0 Å². The Hall–Kier alpha value is -4.46. The summed E-state index contributed by atoms with van der Waals surface area (Å²) in [6.45, 7) is -0.234. The van der Waals surface area contributed by atoms with Gasteiger partial charge in [-0.3, -0.25) is 9.78 Å². The molecular weight excluding hydrogens is 398 g/mol. The first-order valence-electron chi connectivity index (χ1n) is 9.33. The van der Waals surface area contributed by atoms with Crippen LogP contribution in [0.3, 0.4) is 0 Å². The number of hydrogen-bond donors (Lipinski definition) is 2. The topological polar surface area (TPSA) is 114 Å². The minimum atomic E-state index is -1.05. The number of carbonyl (C=O) groups excluding carboxylic acids is 1. The molecule has 0 aliphatic heterocycles. The van der Waals surface area contributed by atoms with Gasteiger partial charge in [0, 0.05) is 17.1 Å². The lowest BCUT2D eigenvalue weighted by molar-refractivity contribution is -0.123. The molecule has 0 radical (unpaired) electrons. The van der Waals surface area contributed by atoms with Gasteiger partial charge in [-0.05, 0) is 30.3 Å². The molecule has 0 bridgehead atoms. The summed E-state index contributed by atoms with van der Waals surface area (Å²) in [5.74, 6) is -0.250. The molecule has 0 saturated heterocycles. The smallest absolute Gasteiger partial charge is 0.336 e. The minimum Gasteiger partial charge on any atom is -0.481 e. The fourth-order valence-electron chi connectivity index (χ4n) is 2.99. The number of pyridine rings is 1. The standard InChI is InChI=1S/C23H17N3O5/c27-21(14-30-20-9-3-5-15-6-4-12-24-22(15)20)26-25-13-16-10-11-19(31-16)17-7-1-2-8-18(17)23(28)29/h1-13H,14H2,(H,26,27)(H,28,29)/b25-13+. The van der Waals surface area contributed by atoms with E-state index in [1.165, 1.54) is 12.3 Å². The molecule has 2 N–H and O–H groups in total. The van der Waals surface area contributed by atoms with E-state index in [0.717, 1.165) is 5.39 Å². The molecule has 154 valence electrons. The van der Waals surface area contributed by atoms with Crippen LogP contribution in [0.1, 0.15) is 16.1 Å². The molecule has 1 amide bonds. The van der Waals surface area contributed by atoms with Crippen molar-refractivity contribution in [3.63, 3.8) is 0 Å². The number of carbonyl (C=O) groups is 2. The zero-order chi connectivity index (χ0) is 21.6. The molecule has 4 aromatic rings. The molecule has 0 saturated carbocycles. The van der Waals surface area contributed by atoms with Gasteiger partial charge in [-0.1, -0.05) is 36.4 Å². The Balaban J connectivity index is 1.36. The van der Waals surface area contributed by atoms with Gasteiger partial charge in [0.25, 0.3) is 5.91 Å². The zero-order valence-electron chi connectivity index (χ0n) is 16.2. The Morgan fingerprint density at radius 1 is 1.06 bits per heavy atom. The molecular formula is C23H17N3O5. The van der Waals surface area contributed by atoms with Gasteiger partial charge >= 0.3 is 5.97 Å². The van der Waals surface area contributed by atoms with Crippen LogP contribution < -0.4 is 10.2 Å². The summed E-state index contributed by atoms with van der Waals surface area (Å²) in [5.41, 5.74) is 3.62. The van der Waals surface area contributed by atoms with Gasteiger partial charge in [0.05, 0.1) is 11.8 Å². The van der Waals surface area contributed by atoms with Crippen molar-refractivity contribution in [2.24, 2.45) is 5.10 Å². The van der Waals surface area contributed by atoms with Crippen molar-refractivity contribution in [2.45, 2.75) is 0 Å². The molecule has 0 spiro atoms. The number of hydrazone groups is 1. The van der Waals surface area contributed by atoms with Crippen LogP contribution in [0.2, 0.25) is 0 Å². The van der Waals surface area contributed by atoms with E-state index in [1.807, 2.05) is 24.3 Å². The van der Waals surface area contributed by atoms with E-state index in [9.17, 15) is 14.7 Å². The summed E-state index contributed by atoms with van der Waals surface area (Å²) in [4.78, 5) is 27.6. The van der Waals surface area contributed by atoms with E-state index < -0.39 is 11.9 Å². The Morgan fingerprint density at radius 3 is 2.77 bits per heavy atom. The summed E-state index contributed by atoms with van der Waals surface area (Å²) in [7, 11) is 0. The molecule has 0 unspecified atom stereocenters. The number of nitrogens with one attached hydrogen (secondary N) is 1. The molecule has 0 fully saturated rings. The molecule has 8 heteroatoms. The largest absolute Gasteiger partial charge is 0.481 e. The number of amides is 1. The number of benzene rings is 2. The van der Waals surface area contributed by atoms with Crippen LogP contribution in [0.15, 0.2) is 82.4 Å². The Bertz CT molecular complexity index is 1270. The third kappa shape index (κ3) is 4.59. The molecule has 2 heterocycles. The Kier molecular flexibility index (Phi) is 5.70. The quantitative estimate of drug-likeness (QED) is 0.351. The lowest BCUT2D eigenvalue weighted by Crippen LogP contribution is -2.24. The van der Waals surface area contributed by atoms with E-state index in [0.29, 0.717) is 28.4 Å². The van der Waals surface area contributed by atoms with Gasteiger partial charge < -0.3 is 14.3 Å². The van der Waals surface area contributed by atoms with Crippen LogP contribution in [-0.4, -0.2) is 34.8 Å². The van der Waals surface area contributed by atoms with E-state index in [4.69, 9.17) is 9.15 Å². The SMILES string of the molecule is O=C(COc1cccc2cccnc12)N/N=C/c1ccc(-c2ccccc2C(=O)O)o1. The van der Waals surface area contributed by atoms with Crippen LogP contribution in [0.4, 0.5) is 0 Å². The third-order valence-corrected chi connectivity index (χ3v) is 4.39. The summed E-state index contributed by atoms with van der Waals surface area (Å²) >= 11 is 0. The number of hydrogen-bond acceptors (Lipinski definition) is 6. The van der Waals surface area contributed by atoms with E-state index in [2.05, 4.69) is 15.5 Å². The Labute approximate surface area is 176 Å². The van der Waals surface area contributed by atoms with Gasteiger partial charge in [0.15, 0.2) is 6.61 Å². The van der Waals surface area contributed by atoms with E-state index >= 15 is 0 Å². The number of carboxylic acids is 1. The lowest BCUT2D eigenvalue weighted by atomic mass is 10.1. The number of rotatable bonds is 7. The minimum absolute atomic E-state index is 0.133. The van der Waals surface area contributed by atoms with Gasteiger partial charge in [-0.25, -0.2) is 10.2 Å². The molecule has 2 aromatic heterocycles. The monoisotopic (exact) mass is 415 g/mol. The van der Waals surface area contributed by atoms with Crippen LogP contribution in [0.5, 0.6) is 5.75 Å². The van der Waals surface area contributed by atoms with Gasteiger partial charge in [0.1, 0.15) is 22.8 Å². The number of aromatic carboxylic acids is 1. The highest BCUT2D eigenvalue weighted by molar-refractivity contribution is 5.95. The maximum Gasteiger partial charge on any atom is 0.336 e. The fourth-order valence-corrected chi connectivity index (χ4v) is 2.99. The fraction of sp³-hybridized carbons (Fsp3) is 0.0435. The van der Waals surface area contributed by atoms with Crippen LogP contribution in [-0.2, 0) is 4.79 Å². The number of ether oxygens (including phenoxy) is 1. The van der Waals surface area contributed by atoms with Crippen molar-refractivity contribution in [1.82, 2.24) is 10.4 Å². The van der Waals surface area contributed by atoms with Crippen molar-refractivity contribution < 1.29 is 23.8 Å². The first kappa shape index (κ1) is 19.8. The number of carboxylic acid groups (broad SMARTS) is 1. The van der Waals surface area contributed by atoms with Crippen molar-refractivity contribution in [1.29, 1.82) is 0 Å².